The van der Waals surface area contributed by atoms with Gasteiger partial charge in [0.2, 0.25) is 12.7 Å². The largest absolute Gasteiger partial charge is 0.454 e. The van der Waals surface area contributed by atoms with E-state index in [1.54, 1.807) is 12.2 Å². The first kappa shape index (κ1) is 19.5. The zero-order valence-corrected chi connectivity index (χ0v) is 16.6. The molecule has 0 spiro atoms. The van der Waals surface area contributed by atoms with E-state index in [2.05, 4.69) is 36.5 Å². The lowest BCUT2D eigenvalue weighted by Gasteiger charge is -2.28. The quantitative estimate of drug-likeness (QED) is 0.728. The summed E-state index contributed by atoms with van der Waals surface area (Å²) in [7, 11) is 0. The second kappa shape index (κ2) is 9.11. The van der Waals surface area contributed by atoms with E-state index in [1.165, 1.54) is 10.5 Å². The van der Waals surface area contributed by atoms with Gasteiger partial charge in [-0.2, -0.15) is 0 Å². The first-order valence-corrected chi connectivity index (χ1v) is 10.0. The van der Waals surface area contributed by atoms with Gasteiger partial charge in [-0.3, -0.25) is 4.79 Å². The molecular weight excluding hydrogens is 368 g/mol. The van der Waals surface area contributed by atoms with Gasteiger partial charge in [-0.15, -0.1) is 0 Å². The molecule has 29 heavy (non-hydrogen) atoms. The van der Waals surface area contributed by atoms with Gasteiger partial charge < -0.3 is 24.4 Å². The van der Waals surface area contributed by atoms with Crippen molar-refractivity contribution < 1.29 is 23.9 Å². The number of amides is 1. The van der Waals surface area contributed by atoms with Crippen LogP contribution in [0.5, 0.6) is 11.5 Å². The number of aryl methyl sites for hydroxylation is 1. The van der Waals surface area contributed by atoms with Gasteiger partial charge in [-0.25, -0.2) is 0 Å². The molecule has 6 heteroatoms. The second-order valence-corrected chi connectivity index (χ2v) is 7.48. The highest BCUT2D eigenvalue weighted by Gasteiger charge is 2.22. The highest BCUT2D eigenvalue weighted by atomic mass is 16.7. The van der Waals surface area contributed by atoms with Crippen LogP contribution in [-0.2, 0) is 9.53 Å². The molecule has 6 nitrogen and oxygen atoms in total. The fourth-order valence-electron chi connectivity index (χ4n) is 3.61. The summed E-state index contributed by atoms with van der Waals surface area (Å²) in [6.45, 7) is 6.62. The van der Waals surface area contributed by atoms with Crippen LogP contribution in [0.3, 0.4) is 0 Å². The third-order valence-electron chi connectivity index (χ3n) is 5.31. The molecule has 0 unspecified atom stereocenters. The topological polar surface area (TPSA) is 61.2 Å². The maximum Gasteiger partial charge on any atom is 0.244 e. The van der Waals surface area contributed by atoms with E-state index >= 15 is 0 Å². The van der Waals surface area contributed by atoms with Gasteiger partial charge in [0, 0.05) is 6.08 Å². The van der Waals surface area contributed by atoms with E-state index in [9.17, 15) is 4.79 Å². The van der Waals surface area contributed by atoms with Crippen molar-refractivity contribution in [2.75, 3.05) is 39.6 Å². The van der Waals surface area contributed by atoms with E-state index in [-0.39, 0.29) is 18.7 Å². The van der Waals surface area contributed by atoms with Crippen LogP contribution in [0.15, 0.2) is 48.5 Å². The maximum absolute atomic E-state index is 12.7. The number of benzene rings is 2. The number of ether oxygens (including phenoxy) is 3. The Hall–Kier alpha value is -2.83. The van der Waals surface area contributed by atoms with Crippen molar-refractivity contribution in [2.24, 2.45) is 0 Å². The van der Waals surface area contributed by atoms with Crippen LogP contribution < -0.4 is 19.7 Å². The third-order valence-corrected chi connectivity index (χ3v) is 5.31. The van der Waals surface area contributed by atoms with E-state index in [0.29, 0.717) is 5.75 Å². The van der Waals surface area contributed by atoms with Crippen LogP contribution in [0.1, 0.15) is 22.7 Å². The standard InChI is InChI=1S/C23H26N2O4/c1-17-2-6-19(7-3-17)20(15-25-10-12-27-13-11-25)24-23(26)9-5-18-4-8-21-22(14-18)29-16-28-21/h2-9,14,20H,10-13,15-16H2,1H3,(H,24,26)/p+1/b9-5+/t20-/m0/s1. The first-order chi connectivity index (χ1) is 14.2. The van der Waals surface area contributed by atoms with Crippen LogP contribution in [0, 0.1) is 6.92 Å². The molecule has 2 heterocycles. The highest BCUT2D eigenvalue weighted by Crippen LogP contribution is 2.32. The minimum Gasteiger partial charge on any atom is -0.454 e. The molecule has 2 aliphatic heterocycles. The van der Waals surface area contributed by atoms with E-state index in [0.717, 1.165) is 49.7 Å². The van der Waals surface area contributed by atoms with Gasteiger partial charge in [0.1, 0.15) is 25.7 Å². The number of fused-ring (bicyclic) bond motifs is 1. The average Bonchev–Trinajstić information content (AvgIpc) is 3.21. The Labute approximate surface area is 171 Å². The lowest BCUT2D eigenvalue weighted by molar-refractivity contribution is -0.909. The highest BCUT2D eigenvalue weighted by molar-refractivity contribution is 5.92. The zero-order valence-electron chi connectivity index (χ0n) is 16.6. The summed E-state index contributed by atoms with van der Waals surface area (Å²) in [6, 6.07) is 14.0. The molecule has 4 rings (SSSR count). The van der Waals surface area contributed by atoms with Crippen LogP contribution in [0.4, 0.5) is 0 Å². The van der Waals surface area contributed by atoms with Crippen molar-refractivity contribution in [1.82, 2.24) is 5.32 Å². The molecule has 0 radical (unpaired) electrons. The molecule has 2 aromatic rings. The fourth-order valence-corrected chi connectivity index (χ4v) is 3.61. The molecule has 0 bridgehead atoms. The first-order valence-electron chi connectivity index (χ1n) is 10.0. The molecule has 0 saturated carbocycles. The molecule has 152 valence electrons. The number of morpholine rings is 1. The molecule has 1 amide bonds. The second-order valence-electron chi connectivity index (χ2n) is 7.48. The Morgan fingerprint density at radius 2 is 1.86 bits per heavy atom. The van der Waals surface area contributed by atoms with Gasteiger partial charge in [-0.1, -0.05) is 35.9 Å². The number of carbonyl (C=O) groups excluding carboxylic acids is 1. The Balaban J connectivity index is 1.44. The number of carbonyl (C=O) groups is 1. The molecule has 2 aromatic carbocycles. The number of hydrogen-bond donors (Lipinski definition) is 2. The van der Waals surface area contributed by atoms with Gasteiger partial charge in [0.05, 0.1) is 13.2 Å². The fraction of sp³-hybridized carbons (Fsp3) is 0.348. The Morgan fingerprint density at radius 3 is 2.66 bits per heavy atom. The van der Waals surface area contributed by atoms with Crippen molar-refractivity contribution in [1.29, 1.82) is 0 Å². The minimum atomic E-state index is -0.110. The van der Waals surface area contributed by atoms with Crippen molar-refractivity contribution >= 4 is 12.0 Å². The van der Waals surface area contributed by atoms with Crippen molar-refractivity contribution in [3.63, 3.8) is 0 Å². The lowest BCUT2D eigenvalue weighted by Crippen LogP contribution is -3.14. The Morgan fingerprint density at radius 1 is 1.10 bits per heavy atom. The molecule has 2 aliphatic rings. The lowest BCUT2D eigenvalue weighted by atomic mass is 10.0. The third kappa shape index (κ3) is 5.16. The normalized spacial score (nSPS) is 17.4. The molecule has 0 aromatic heterocycles. The Kier molecular flexibility index (Phi) is 6.12. The molecular formula is C23H27N2O4+. The van der Waals surface area contributed by atoms with Gasteiger partial charge in [0.25, 0.3) is 0 Å². The summed E-state index contributed by atoms with van der Waals surface area (Å²) < 4.78 is 16.2. The van der Waals surface area contributed by atoms with Crippen molar-refractivity contribution in [3.05, 3.63) is 65.2 Å². The number of rotatable bonds is 6. The van der Waals surface area contributed by atoms with Crippen LogP contribution in [-0.4, -0.2) is 45.5 Å². The van der Waals surface area contributed by atoms with E-state index in [1.807, 2.05) is 18.2 Å². The van der Waals surface area contributed by atoms with Crippen molar-refractivity contribution in [3.8, 4) is 11.5 Å². The van der Waals surface area contributed by atoms with Crippen molar-refractivity contribution in [2.45, 2.75) is 13.0 Å². The Bertz CT molecular complexity index is 873. The predicted molar refractivity (Wildman–Crippen MR) is 110 cm³/mol. The monoisotopic (exact) mass is 395 g/mol. The molecule has 1 saturated heterocycles. The summed E-state index contributed by atoms with van der Waals surface area (Å²) in [6.07, 6.45) is 3.37. The summed E-state index contributed by atoms with van der Waals surface area (Å²) >= 11 is 0. The summed E-state index contributed by atoms with van der Waals surface area (Å²) in [5.41, 5.74) is 3.23. The smallest absolute Gasteiger partial charge is 0.244 e. The molecule has 1 fully saturated rings. The van der Waals surface area contributed by atoms with Gasteiger partial charge >= 0.3 is 0 Å². The van der Waals surface area contributed by atoms with Crippen LogP contribution in [0.2, 0.25) is 0 Å². The van der Waals surface area contributed by atoms with E-state index in [4.69, 9.17) is 14.2 Å². The van der Waals surface area contributed by atoms with Crippen LogP contribution in [0.25, 0.3) is 6.08 Å². The molecule has 0 aliphatic carbocycles. The van der Waals surface area contributed by atoms with Gasteiger partial charge in [-0.05, 0) is 36.3 Å². The van der Waals surface area contributed by atoms with E-state index < -0.39 is 0 Å². The summed E-state index contributed by atoms with van der Waals surface area (Å²) in [4.78, 5) is 14.1. The SMILES string of the molecule is Cc1ccc([C@H](C[NH+]2CCOCC2)NC(=O)/C=C/c2ccc3c(c2)OCO3)cc1. The predicted octanol–water partition coefficient (Wildman–Crippen LogP) is 1.51. The number of quaternary nitrogens is 1. The molecule has 2 N–H and O–H groups in total. The number of nitrogens with one attached hydrogen (secondary N) is 2. The minimum absolute atomic E-state index is 0.0439. The maximum atomic E-state index is 12.7. The summed E-state index contributed by atoms with van der Waals surface area (Å²) in [5, 5.41) is 3.18. The number of hydrogen-bond acceptors (Lipinski definition) is 4. The average molecular weight is 395 g/mol. The van der Waals surface area contributed by atoms with Gasteiger partial charge in [0.15, 0.2) is 11.5 Å². The molecule has 1 atom stereocenters. The van der Waals surface area contributed by atoms with Crippen LogP contribution >= 0.6 is 0 Å². The zero-order chi connectivity index (χ0) is 20.1. The summed E-state index contributed by atoms with van der Waals surface area (Å²) in [5.74, 6) is 1.33.